The van der Waals surface area contributed by atoms with Crippen molar-refractivity contribution in [3.63, 3.8) is 0 Å². The van der Waals surface area contributed by atoms with Crippen molar-refractivity contribution in [1.82, 2.24) is 0 Å². The molecule has 0 spiro atoms. The summed E-state index contributed by atoms with van der Waals surface area (Å²) in [6, 6.07) is -0.565. The molecular weight excluding hydrogens is 172 g/mol. The van der Waals surface area contributed by atoms with E-state index in [1.54, 1.807) is 0 Å². The Hall–Kier alpha value is -2.05. The highest BCUT2D eigenvalue weighted by Gasteiger charge is 2.31. The molecule has 0 unspecified atom stereocenters. The number of rotatable bonds is 1. The molecule has 0 saturated heterocycles. The number of nitrogens with two attached hydrogens (primary N) is 2. The van der Waals surface area contributed by atoms with Crippen molar-refractivity contribution < 1.29 is 4.79 Å². The fourth-order valence-electron chi connectivity index (χ4n) is 1.10. The van der Waals surface area contributed by atoms with Crippen LogP contribution in [-0.2, 0) is 4.79 Å². The lowest BCUT2D eigenvalue weighted by atomic mass is 10.1. The Balaban J connectivity index is 2.47. The van der Waals surface area contributed by atoms with E-state index in [4.69, 9.17) is 11.5 Å². The molecule has 0 aromatic rings. The Kier molecular flexibility index (Phi) is 1.44. The summed E-state index contributed by atoms with van der Waals surface area (Å²) >= 11 is 0. The number of nitrogens with zero attached hydrogens (tertiary/aromatic N) is 4. The van der Waals surface area contributed by atoms with Crippen molar-refractivity contribution in [2.24, 2.45) is 31.4 Å². The highest BCUT2D eigenvalue weighted by atomic mass is 16.1. The summed E-state index contributed by atoms with van der Waals surface area (Å²) in [5.74, 6) is -0.315. The van der Waals surface area contributed by atoms with E-state index in [-0.39, 0.29) is 11.7 Å². The molecule has 66 valence electrons. The lowest BCUT2D eigenvalue weighted by Gasteiger charge is -2.12. The third-order valence-corrected chi connectivity index (χ3v) is 1.63. The second kappa shape index (κ2) is 2.47. The summed E-state index contributed by atoms with van der Waals surface area (Å²) in [7, 11) is 0. The molecule has 7 heteroatoms. The molecule has 2 rings (SSSR count). The van der Waals surface area contributed by atoms with Gasteiger partial charge in [-0.15, -0.1) is 0 Å². The van der Waals surface area contributed by atoms with E-state index in [2.05, 4.69) is 20.0 Å². The molecule has 1 amide bonds. The van der Waals surface area contributed by atoms with Crippen molar-refractivity contribution in [1.29, 1.82) is 0 Å². The Bertz CT molecular complexity index is 390. The summed E-state index contributed by atoms with van der Waals surface area (Å²) in [5.41, 5.74) is 10.5. The molecule has 0 saturated carbocycles. The fraction of sp³-hybridized carbons (Fsp3) is 0.167. The predicted octanol–water partition coefficient (Wildman–Crippen LogP) is -1.95. The average Bonchev–Trinajstić information content (AvgIpc) is 2.49. The van der Waals surface area contributed by atoms with Crippen LogP contribution < -0.4 is 11.5 Å². The van der Waals surface area contributed by atoms with Crippen LogP contribution >= 0.6 is 0 Å². The molecule has 0 bridgehead atoms. The largest absolute Gasteiger partial charge is 0.368 e. The normalized spacial score (nSPS) is 24.6. The molecule has 13 heavy (non-hydrogen) atoms. The van der Waals surface area contributed by atoms with Gasteiger partial charge in [-0.05, 0) is 0 Å². The molecule has 7 nitrogen and oxygen atoms in total. The molecule has 0 radical (unpaired) electrons. The van der Waals surface area contributed by atoms with Crippen LogP contribution in [0.15, 0.2) is 20.0 Å². The summed E-state index contributed by atoms with van der Waals surface area (Å²) in [6.45, 7) is 0. The van der Waals surface area contributed by atoms with Crippen molar-refractivity contribution in [3.05, 3.63) is 0 Å². The van der Waals surface area contributed by atoms with Gasteiger partial charge in [0.25, 0.3) is 5.91 Å². The molecule has 2 aliphatic rings. The Morgan fingerprint density at radius 1 is 1.46 bits per heavy atom. The van der Waals surface area contributed by atoms with Crippen LogP contribution in [0.1, 0.15) is 0 Å². The van der Waals surface area contributed by atoms with Crippen LogP contribution in [0, 0.1) is 0 Å². The van der Waals surface area contributed by atoms with Crippen LogP contribution in [0.25, 0.3) is 0 Å². The van der Waals surface area contributed by atoms with E-state index >= 15 is 0 Å². The molecule has 1 atom stereocenters. The van der Waals surface area contributed by atoms with Gasteiger partial charge < -0.3 is 11.5 Å². The van der Waals surface area contributed by atoms with E-state index < -0.39 is 11.9 Å². The number of aliphatic imine (C=N–C) groups is 4. The number of amidine groups is 1. The van der Waals surface area contributed by atoms with E-state index in [0.29, 0.717) is 5.84 Å². The summed E-state index contributed by atoms with van der Waals surface area (Å²) in [4.78, 5) is 26.1. The lowest BCUT2D eigenvalue weighted by Crippen LogP contribution is -2.41. The van der Waals surface area contributed by atoms with Gasteiger partial charge in [0.05, 0.1) is 0 Å². The first-order valence-corrected chi connectivity index (χ1v) is 3.50. The minimum absolute atomic E-state index is 0.0192. The third kappa shape index (κ3) is 1.10. The maximum atomic E-state index is 10.9. The molecule has 0 aliphatic carbocycles. The van der Waals surface area contributed by atoms with E-state index in [1.807, 2.05) is 0 Å². The number of primary amides is 1. The third-order valence-electron chi connectivity index (χ3n) is 1.63. The van der Waals surface area contributed by atoms with Gasteiger partial charge in [-0.25, -0.2) is 9.98 Å². The molecule has 2 aliphatic heterocycles. The standard InChI is InChI=1S/C6H6N6O/c7-4(13)2-3-5(10-1-9-3)12-6(8)11-2/h1,3H,(H2,7,13)(H2,8,9,10,12)/t3-/m0/s1. The van der Waals surface area contributed by atoms with Gasteiger partial charge in [0.2, 0.25) is 5.96 Å². The average molecular weight is 178 g/mol. The minimum atomic E-state index is -0.658. The van der Waals surface area contributed by atoms with Gasteiger partial charge >= 0.3 is 0 Å². The number of guanidine groups is 1. The fourth-order valence-corrected chi connectivity index (χ4v) is 1.10. The highest BCUT2D eigenvalue weighted by molar-refractivity contribution is 6.48. The number of hydrogen-bond acceptors (Lipinski definition) is 6. The molecule has 0 aromatic carbocycles. The van der Waals surface area contributed by atoms with Crippen LogP contribution in [0.2, 0.25) is 0 Å². The maximum absolute atomic E-state index is 10.9. The molecule has 4 N–H and O–H groups in total. The molecular formula is C6H6N6O. The quantitative estimate of drug-likeness (QED) is 0.485. The topological polar surface area (TPSA) is 119 Å². The summed E-state index contributed by atoms with van der Waals surface area (Å²) in [5, 5.41) is 0. The van der Waals surface area contributed by atoms with E-state index in [1.165, 1.54) is 6.34 Å². The van der Waals surface area contributed by atoms with Gasteiger partial charge in [0.1, 0.15) is 12.1 Å². The van der Waals surface area contributed by atoms with E-state index in [0.717, 1.165) is 0 Å². The van der Waals surface area contributed by atoms with Gasteiger partial charge in [0, 0.05) is 0 Å². The summed E-state index contributed by atoms with van der Waals surface area (Å²) in [6.07, 6.45) is 1.31. The number of carbonyl (C=O) groups is 1. The van der Waals surface area contributed by atoms with Gasteiger partial charge in [0.15, 0.2) is 11.9 Å². The first kappa shape index (κ1) is 7.59. The monoisotopic (exact) mass is 178 g/mol. The molecule has 0 fully saturated rings. The van der Waals surface area contributed by atoms with Crippen LogP contribution in [-0.4, -0.2) is 35.8 Å². The SMILES string of the molecule is NC(=O)C1=NC(N)=NC2=NC=N[C@H]21. The highest BCUT2D eigenvalue weighted by Crippen LogP contribution is 2.09. The first-order chi connectivity index (χ1) is 6.18. The van der Waals surface area contributed by atoms with E-state index in [9.17, 15) is 4.79 Å². The zero-order valence-corrected chi connectivity index (χ0v) is 6.51. The van der Waals surface area contributed by atoms with Crippen molar-refractivity contribution in [2.75, 3.05) is 0 Å². The Morgan fingerprint density at radius 3 is 2.92 bits per heavy atom. The number of hydrogen-bond donors (Lipinski definition) is 2. The molecule has 0 aromatic heterocycles. The lowest BCUT2D eigenvalue weighted by molar-refractivity contribution is -0.112. The van der Waals surface area contributed by atoms with Crippen molar-refractivity contribution in [3.8, 4) is 0 Å². The van der Waals surface area contributed by atoms with Crippen LogP contribution in [0.4, 0.5) is 0 Å². The van der Waals surface area contributed by atoms with Crippen molar-refractivity contribution in [2.45, 2.75) is 6.04 Å². The Morgan fingerprint density at radius 2 is 2.23 bits per heavy atom. The predicted molar refractivity (Wildman–Crippen MR) is 48.0 cm³/mol. The number of carbonyl (C=O) groups excluding carboxylic acids is 1. The van der Waals surface area contributed by atoms with Crippen LogP contribution in [0.5, 0.6) is 0 Å². The first-order valence-electron chi connectivity index (χ1n) is 3.50. The second-order valence-electron chi connectivity index (χ2n) is 2.49. The van der Waals surface area contributed by atoms with Crippen LogP contribution in [0.3, 0.4) is 0 Å². The van der Waals surface area contributed by atoms with Gasteiger partial charge in [-0.2, -0.15) is 4.99 Å². The molecule has 2 heterocycles. The van der Waals surface area contributed by atoms with Gasteiger partial charge in [-0.3, -0.25) is 9.79 Å². The second-order valence-corrected chi connectivity index (χ2v) is 2.49. The van der Waals surface area contributed by atoms with Crippen molar-refractivity contribution >= 4 is 29.8 Å². The smallest absolute Gasteiger partial charge is 0.265 e. The zero-order chi connectivity index (χ0) is 9.42. The van der Waals surface area contributed by atoms with Gasteiger partial charge in [-0.1, -0.05) is 0 Å². The number of fused-ring (bicyclic) bond motifs is 1. The Labute approximate surface area is 73.0 Å². The number of amides is 1. The maximum Gasteiger partial charge on any atom is 0.265 e. The zero-order valence-electron chi connectivity index (χ0n) is 6.51. The summed E-state index contributed by atoms with van der Waals surface area (Å²) < 4.78 is 0. The minimum Gasteiger partial charge on any atom is -0.368 e.